The average Bonchev–Trinajstić information content (AvgIpc) is 2.51. The third-order valence-corrected chi connectivity index (χ3v) is 3.95. The Hall–Kier alpha value is -1.95. The molecule has 0 aliphatic rings. The molecular formula is C16H12Cl3NO4. The lowest BCUT2D eigenvalue weighted by molar-refractivity contribution is 0.0696. The number of hydrogen-bond acceptors (Lipinski definition) is 3. The Balaban J connectivity index is 2.28. The zero-order chi connectivity index (χ0) is 17.9. The summed E-state index contributed by atoms with van der Waals surface area (Å²) in [7, 11) is 0. The molecule has 0 saturated heterocycles. The van der Waals surface area contributed by atoms with Crippen LogP contribution < -0.4 is 10.1 Å². The van der Waals surface area contributed by atoms with E-state index in [4.69, 9.17) is 44.6 Å². The maximum atomic E-state index is 12.3. The molecule has 0 fully saturated rings. The molecule has 0 aliphatic heterocycles. The van der Waals surface area contributed by atoms with Crippen molar-refractivity contribution < 1.29 is 19.4 Å². The summed E-state index contributed by atoms with van der Waals surface area (Å²) in [6.07, 6.45) is 0. The zero-order valence-electron chi connectivity index (χ0n) is 12.4. The summed E-state index contributed by atoms with van der Waals surface area (Å²) in [6.45, 7) is 2.27. The van der Waals surface area contributed by atoms with Gasteiger partial charge in [0.15, 0.2) is 0 Å². The summed E-state index contributed by atoms with van der Waals surface area (Å²) in [4.78, 5) is 23.4. The van der Waals surface area contributed by atoms with Crippen LogP contribution in [-0.2, 0) is 0 Å². The van der Waals surface area contributed by atoms with Gasteiger partial charge in [-0.05, 0) is 37.3 Å². The Bertz CT molecular complexity index is 808. The van der Waals surface area contributed by atoms with Gasteiger partial charge in [0, 0.05) is 5.56 Å². The largest absolute Gasteiger partial charge is 0.492 e. The topological polar surface area (TPSA) is 75.6 Å². The highest BCUT2D eigenvalue weighted by Crippen LogP contribution is 2.30. The van der Waals surface area contributed by atoms with Crippen molar-refractivity contribution in [2.24, 2.45) is 0 Å². The maximum Gasteiger partial charge on any atom is 0.337 e. The highest BCUT2D eigenvalue weighted by atomic mass is 35.5. The summed E-state index contributed by atoms with van der Waals surface area (Å²) in [5.74, 6) is -1.26. The lowest BCUT2D eigenvalue weighted by Gasteiger charge is -2.11. The highest BCUT2D eigenvalue weighted by molar-refractivity contribution is 6.38. The molecule has 0 spiro atoms. The molecule has 0 bridgehead atoms. The van der Waals surface area contributed by atoms with Gasteiger partial charge in [0.2, 0.25) is 0 Å². The van der Waals surface area contributed by atoms with Gasteiger partial charge >= 0.3 is 5.97 Å². The molecule has 1 amide bonds. The van der Waals surface area contributed by atoms with Crippen LogP contribution in [0.5, 0.6) is 5.75 Å². The third-order valence-electron chi connectivity index (χ3n) is 3.03. The summed E-state index contributed by atoms with van der Waals surface area (Å²) < 4.78 is 5.30. The lowest BCUT2D eigenvalue weighted by atomic mass is 10.1. The number of aromatic carboxylic acids is 1. The van der Waals surface area contributed by atoms with Crippen LogP contribution in [-0.4, -0.2) is 23.6 Å². The minimum absolute atomic E-state index is 0.0189. The van der Waals surface area contributed by atoms with Crippen molar-refractivity contribution >= 4 is 52.4 Å². The molecular weight excluding hydrogens is 377 g/mol. The Kier molecular flexibility index (Phi) is 5.94. The molecule has 0 unspecified atom stereocenters. The van der Waals surface area contributed by atoms with E-state index in [9.17, 15) is 9.59 Å². The van der Waals surface area contributed by atoms with Crippen LogP contribution in [0.2, 0.25) is 15.1 Å². The van der Waals surface area contributed by atoms with Gasteiger partial charge < -0.3 is 15.2 Å². The van der Waals surface area contributed by atoms with Crippen LogP contribution in [0, 0.1) is 0 Å². The normalized spacial score (nSPS) is 10.3. The van der Waals surface area contributed by atoms with Crippen LogP contribution in [0.1, 0.15) is 27.6 Å². The first-order valence-electron chi connectivity index (χ1n) is 6.79. The van der Waals surface area contributed by atoms with Gasteiger partial charge in [-0.3, -0.25) is 4.79 Å². The molecule has 2 aromatic rings. The van der Waals surface area contributed by atoms with Crippen molar-refractivity contribution in [3.63, 3.8) is 0 Å². The van der Waals surface area contributed by atoms with Crippen LogP contribution in [0.15, 0.2) is 30.3 Å². The molecule has 2 rings (SSSR count). The van der Waals surface area contributed by atoms with Gasteiger partial charge in [0.25, 0.3) is 5.91 Å². The molecule has 0 saturated carbocycles. The number of anilines is 1. The van der Waals surface area contributed by atoms with E-state index in [1.807, 2.05) is 6.92 Å². The Labute approximate surface area is 153 Å². The molecule has 0 radical (unpaired) electrons. The Morgan fingerprint density at radius 1 is 1.08 bits per heavy atom. The van der Waals surface area contributed by atoms with Crippen LogP contribution in [0.3, 0.4) is 0 Å². The minimum Gasteiger partial charge on any atom is -0.492 e. The second-order valence-corrected chi connectivity index (χ2v) is 5.87. The van der Waals surface area contributed by atoms with Crippen molar-refractivity contribution in [1.82, 2.24) is 0 Å². The molecule has 5 nitrogen and oxygen atoms in total. The van der Waals surface area contributed by atoms with E-state index in [0.717, 1.165) is 0 Å². The number of amides is 1. The number of carboxylic acids is 1. The van der Waals surface area contributed by atoms with Crippen molar-refractivity contribution in [3.8, 4) is 5.75 Å². The summed E-state index contributed by atoms with van der Waals surface area (Å²) in [5.41, 5.74) is 0.237. The number of rotatable bonds is 5. The fraction of sp³-hybridized carbons (Fsp3) is 0.125. The number of benzene rings is 2. The first-order valence-corrected chi connectivity index (χ1v) is 7.93. The summed E-state index contributed by atoms with van der Waals surface area (Å²) in [5, 5.41) is 12.0. The smallest absolute Gasteiger partial charge is 0.337 e. The van der Waals surface area contributed by atoms with Gasteiger partial charge in [-0.2, -0.15) is 0 Å². The van der Waals surface area contributed by atoms with Crippen molar-refractivity contribution in [3.05, 3.63) is 56.5 Å². The molecule has 2 N–H and O–H groups in total. The number of nitrogens with one attached hydrogen (secondary N) is 1. The Morgan fingerprint density at radius 3 is 2.38 bits per heavy atom. The van der Waals surface area contributed by atoms with E-state index in [-0.39, 0.29) is 31.9 Å². The molecule has 24 heavy (non-hydrogen) atoms. The van der Waals surface area contributed by atoms with Gasteiger partial charge in [0.1, 0.15) is 5.75 Å². The van der Waals surface area contributed by atoms with E-state index >= 15 is 0 Å². The van der Waals surface area contributed by atoms with Gasteiger partial charge in [-0.1, -0.05) is 34.8 Å². The quantitative estimate of drug-likeness (QED) is 0.756. The highest BCUT2D eigenvalue weighted by Gasteiger charge is 2.16. The second-order valence-electron chi connectivity index (χ2n) is 4.65. The molecule has 0 heterocycles. The number of hydrogen-bond donors (Lipinski definition) is 2. The van der Waals surface area contributed by atoms with Crippen LogP contribution in [0.4, 0.5) is 5.69 Å². The van der Waals surface area contributed by atoms with Crippen molar-refractivity contribution in [1.29, 1.82) is 0 Å². The predicted octanol–water partition coefficient (Wildman–Crippen LogP) is 5.00. The number of carbonyl (C=O) groups is 2. The SMILES string of the molecule is CCOc1ccc(C(=O)Nc2cc(C(=O)O)c(Cl)cc2Cl)cc1Cl. The third kappa shape index (κ3) is 4.12. The van der Waals surface area contributed by atoms with E-state index in [2.05, 4.69) is 5.32 Å². The van der Waals surface area contributed by atoms with E-state index in [0.29, 0.717) is 12.4 Å². The number of ether oxygens (including phenoxy) is 1. The average molecular weight is 389 g/mol. The summed E-state index contributed by atoms with van der Waals surface area (Å²) >= 11 is 17.9. The lowest BCUT2D eigenvalue weighted by Crippen LogP contribution is -2.13. The molecule has 126 valence electrons. The van der Waals surface area contributed by atoms with Crippen LogP contribution >= 0.6 is 34.8 Å². The van der Waals surface area contributed by atoms with E-state index in [1.54, 1.807) is 6.07 Å². The number of halogens is 3. The molecule has 8 heteroatoms. The molecule has 0 atom stereocenters. The maximum absolute atomic E-state index is 12.3. The monoisotopic (exact) mass is 387 g/mol. The van der Waals surface area contributed by atoms with Gasteiger partial charge in [-0.15, -0.1) is 0 Å². The van der Waals surface area contributed by atoms with Gasteiger partial charge in [0.05, 0.1) is 32.9 Å². The van der Waals surface area contributed by atoms with E-state index < -0.39 is 11.9 Å². The first-order chi connectivity index (χ1) is 11.3. The standard InChI is InChI=1S/C16H12Cl3NO4/c1-2-24-14-4-3-8(5-12(14)19)15(21)20-13-6-9(16(22)23)10(17)7-11(13)18/h3-7H,2H2,1H3,(H,20,21)(H,22,23). The summed E-state index contributed by atoms with van der Waals surface area (Å²) in [6, 6.07) is 7.01. The molecule has 0 aliphatic carbocycles. The number of carbonyl (C=O) groups excluding carboxylic acids is 1. The predicted molar refractivity (Wildman–Crippen MR) is 94.0 cm³/mol. The van der Waals surface area contributed by atoms with E-state index in [1.165, 1.54) is 24.3 Å². The van der Waals surface area contributed by atoms with Crippen LogP contribution in [0.25, 0.3) is 0 Å². The van der Waals surface area contributed by atoms with Crippen molar-refractivity contribution in [2.45, 2.75) is 6.92 Å². The van der Waals surface area contributed by atoms with Crippen molar-refractivity contribution in [2.75, 3.05) is 11.9 Å². The zero-order valence-corrected chi connectivity index (χ0v) is 14.7. The van der Waals surface area contributed by atoms with Gasteiger partial charge in [-0.25, -0.2) is 4.79 Å². The molecule has 0 aromatic heterocycles. The molecule has 2 aromatic carbocycles. The second kappa shape index (κ2) is 7.75. The fourth-order valence-electron chi connectivity index (χ4n) is 1.92. The minimum atomic E-state index is -1.23. The number of carboxylic acid groups (broad SMARTS) is 1. The Morgan fingerprint density at radius 2 is 1.79 bits per heavy atom. The fourth-order valence-corrected chi connectivity index (χ4v) is 2.66. The first kappa shape index (κ1) is 18.4.